The molecule has 0 aromatic carbocycles. The second-order valence-corrected chi connectivity index (χ2v) is 5.57. The van der Waals surface area contributed by atoms with Crippen LogP contribution in [-0.2, 0) is 18.2 Å². The molecule has 4 nitrogen and oxygen atoms in total. The molecule has 0 aliphatic rings. The molecule has 4 heteroatoms. The number of rotatable bonds is 9. The van der Waals surface area contributed by atoms with Crippen LogP contribution in [0.4, 0.5) is 0 Å². The van der Waals surface area contributed by atoms with E-state index in [2.05, 4.69) is 37.4 Å². The molecular formula is C15H29N3O. The molecule has 1 aromatic heterocycles. The van der Waals surface area contributed by atoms with Crippen LogP contribution in [-0.4, -0.2) is 35.6 Å². The predicted octanol–water partition coefficient (Wildman–Crippen LogP) is 2.39. The van der Waals surface area contributed by atoms with Crippen molar-refractivity contribution in [3.05, 3.63) is 18.0 Å². The van der Waals surface area contributed by atoms with Gasteiger partial charge in [-0.2, -0.15) is 5.10 Å². The van der Waals surface area contributed by atoms with Crippen LogP contribution in [0.1, 0.15) is 39.2 Å². The summed E-state index contributed by atoms with van der Waals surface area (Å²) in [6.07, 6.45) is 7.59. The van der Waals surface area contributed by atoms with E-state index in [4.69, 9.17) is 4.74 Å². The highest BCUT2D eigenvalue weighted by atomic mass is 16.5. The zero-order valence-corrected chi connectivity index (χ0v) is 13.0. The molecule has 2 unspecified atom stereocenters. The lowest BCUT2D eigenvalue weighted by molar-refractivity contribution is 0.0308. The van der Waals surface area contributed by atoms with Crippen molar-refractivity contribution in [3.8, 4) is 0 Å². The average molecular weight is 267 g/mol. The van der Waals surface area contributed by atoms with Crippen molar-refractivity contribution in [2.45, 2.75) is 52.2 Å². The number of aryl methyl sites for hydroxylation is 2. The summed E-state index contributed by atoms with van der Waals surface area (Å²) in [5.74, 6) is 0.522. The number of hydrogen-bond donors (Lipinski definition) is 1. The highest BCUT2D eigenvalue weighted by Gasteiger charge is 2.23. The van der Waals surface area contributed by atoms with Gasteiger partial charge in [0.1, 0.15) is 0 Å². The van der Waals surface area contributed by atoms with Gasteiger partial charge in [-0.05, 0) is 37.3 Å². The third-order valence-corrected chi connectivity index (χ3v) is 3.48. The summed E-state index contributed by atoms with van der Waals surface area (Å²) in [7, 11) is 3.78. The molecule has 0 amide bonds. The second-order valence-electron chi connectivity index (χ2n) is 5.57. The van der Waals surface area contributed by atoms with Crippen molar-refractivity contribution in [1.82, 2.24) is 15.1 Å². The first kappa shape index (κ1) is 16.2. The fourth-order valence-corrected chi connectivity index (χ4v) is 2.54. The Morgan fingerprint density at radius 1 is 1.42 bits per heavy atom. The van der Waals surface area contributed by atoms with E-state index in [1.165, 1.54) is 5.56 Å². The fourth-order valence-electron chi connectivity index (χ4n) is 2.54. The van der Waals surface area contributed by atoms with Gasteiger partial charge in [-0.15, -0.1) is 0 Å². The Balaban J connectivity index is 2.57. The number of nitrogens with zero attached hydrogens (tertiary/aromatic N) is 2. The lowest BCUT2D eigenvalue weighted by atomic mass is 9.94. The van der Waals surface area contributed by atoms with E-state index in [-0.39, 0.29) is 6.10 Å². The van der Waals surface area contributed by atoms with E-state index in [0.29, 0.717) is 12.0 Å². The topological polar surface area (TPSA) is 39.1 Å². The van der Waals surface area contributed by atoms with Gasteiger partial charge in [0.2, 0.25) is 0 Å². The molecular weight excluding hydrogens is 238 g/mol. The molecule has 0 saturated carbocycles. The summed E-state index contributed by atoms with van der Waals surface area (Å²) in [5.41, 5.74) is 1.30. The summed E-state index contributed by atoms with van der Waals surface area (Å²) < 4.78 is 7.54. The first-order chi connectivity index (χ1) is 9.08. The van der Waals surface area contributed by atoms with Crippen molar-refractivity contribution >= 4 is 0 Å². The lowest BCUT2D eigenvalue weighted by Gasteiger charge is -2.30. The molecule has 1 N–H and O–H groups in total. The summed E-state index contributed by atoms with van der Waals surface area (Å²) in [5, 5.41) is 7.85. The van der Waals surface area contributed by atoms with Gasteiger partial charge in [0.05, 0.1) is 12.3 Å². The Morgan fingerprint density at radius 2 is 2.16 bits per heavy atom. The molecule has 0 saturated heterocycles. The molecule has 0 radical (unpaired) electrons. The Hall–Kier alpha value is -0.870. The van der Waals surface area contributed by atoms with Crippen LogP contribution in [0, 0.1) is 5.92 Å². The van der Waals surface area contributed by atoms with Gasteiger partial charge in [-0.25, -0.2) is 0 Å². The third kappa shape index (κ3) is 5.33. The van der Waals surface area contributed by atoms with Gasteiger partial charge in [-0.3, -0.25) is 4.68 Å². The van der Waals surface area contributed by atoms with Crippen LogP contribution in [0.15, 0.2) is 12.4 Å². The zero-order chi connectivity index (χ0) is 14.3. The maximum Gasteiger partial charge on any atom is 0.0747 e. The number of ether oxygens (including phenoxy) is 1. The monoisotopic (exact) mass is 267 g/mol. The average Bonchev–Trinajstić information content (AvgIpc) is 2.78. The van der Waals surface area contributed by atoms with Crippen LogP contribution in [0.25, 0.3) is 0 Å². The minimum Gasteiger partial charge on any atom is -0.380 e. The van der Waals surface area contributed by atoms with Gasteiger partial charge in [0, 0.05) is 26.4 Å². The highest BCUT2D eigenvalue weighted by molar-refractivity contribution is 5.04. The van der Waals surface area contributed by atoms with Crippen LogP contribution in [0.5, 0.6) is 0 Å². The molecule has 1 heterocycles. The Labute approximate surface area is 117 Å². The number of nitrogens with one attached hydrogen (secondary N) is 1. The SMILES string of the molecule is CCCNC(CCc1cnn(C)c1)C(OC)C(C)C. The van der Waals surface area contributed by atoms with Gasteiger partial charge in [-0.1, -0.05) is 20.8 Å². The zero-order valence-electron chi connectivity index (χ0n) is 13.0. The number of aromatic nitrogens is 2. The largest absolute Gasteiger partial charge is 0.380 e. The quantitative estimate of drug-likeness (QED) is 0.746. The van der Waals surface area contributed by atoms with Crippen molar-refractivity contribution in [1.29, 1.82) is 0 Å². The molecule has 0 bridgehead atoms. The van der Waals surface area contributed by atoms with Crippen LogP contribution in [0.3, 0.4) is 0 Å². The van der Waals surface area contributed by atoms with Crippen molar-refractivity contribution in [2.75, 3.05) is 13.7 Å². The van der Waals surface area contributed by atoms with E-state index in [0.717, 1.165) is 25.8 Å². The minimum absolute atomic E-state index is 0.267. The standard InChI is InChI=1S/C15H29N3O/c1-6-9-16-14(15(19-5)12(2)3)8-7-13-10-17-18(4)11-13/h10-12,14-16H,6-9H2,1-5H3. The van der Waals surface area contributed by atoms with Crippen molar-refractivity contribution in [2.24, 2.45) is 13.0 Å². The normalized spacial score (nSPS) is 14.8. The van der Waals surface area contributed by atoms with E-state index in [1.807, 2.05) is 25.0 Å². The number of hydrogen-bond acceptors (Lipinski definition) is 3. The van der Waals surface area contributed by atoms with Gasteiger partial charge >= 0.3 is 0 Å². The summed E-state index contributed by atoms with van der Waals surface area (Å²) in [6.45, 7) is 7.68. The number of methoxy groups -OCH3 is 1. The van der Waals surface area contributed by atoms with E-state index < -0.39 is 0 Å². The molecule has 1 rings (SSSR count). The smallest absolute Gasteiger partial charge is 0.0747 e. The molecule has 0 aliphatic carbocycles. The molecule has 2 atom stereocenters. The van der Waals surface area contributed by atoms with E-state index in [1.54, 1.807) is 0 Å². The van der Waals surface area contributed by atoms with E-state index in [9.17, 15) is 0 Å². The molecule has 19 heavy (non-hydrogen) atoms. The van der Waals surface area contributed by atoms with Crippen LogP contribution < -0.4 is 5.32 Å². The van der Waals surface area contributed by atoms with E-state index >= 15 is 0 Å². The molecule has 0 aliphatic heterocycles. The van der Waals surface area contributed by atoms with Crippen molar-refractivity contribution in [3.63, 3.8) is 0 Å². The Morgan fingerprint density at radius 3 is 2.63 bits per heavy atom. The van der Waals surface area contributed by atoms with Crippen LogP contribution in [0.2, 0.25) is 0 Å². The molecule has 1 aromatic rings. The maximum atomic E-state index is 5.68. The highest BCUT2D eigenvalue weighted by Crippen LogP contribution is 2.15. The lowest BCUT2D eigenvalue weighted by Crippen LogP contribution is -2.44. The summed E-state index contributed by atoms with van der Waals surface area (Å²) >= 11 is 0. The fraction of sp³-hybridized carbons (Fsp3) is 0.800. The van der Waals surface area contributed by atoms with Gasteiger partial charge in [0.15, 0.2) is 0 Å². The third-order valence-electron chi connectivity index (χ3n) is 3.48. The Bertz CT molecular complexity index is 349. The predicted molar refractivity (Wildman–Crippen MR) is 79.2 cm³/mol. The van der Waals surface area contributed by atoms with Gasteiger partial charge in [0.25, 0.3) is 0 Å². The molecule has 110 valence electrons. The summed E-state index contributed by atoms with van der Waals surface area (Å²) in [6, 6.07) is 0.408. The Kier molecular flexibility index (Phi) is 7.10. The molecule has 0 fully saturated rings. The van der Waals surface area contributed by atoms with Gasteiger partial charge < -0.3 is 10.1 Å². The van der Waals surface area contributed by atoms with Crippen molar-refractivity contribution < 1.29 is 4.74 Å². The van der Waals surface area contributed by atoms with Crippen LogP contribution >= 0.6 is 0 Å². The molecule has 0 spiro atoms. The summed E-state index contributed by atoms with van der Waals surface area (Å²) in [4.78, 5) is 0. The first-order valence-electron chi connectivity index (χ1n) is 7.32. The first-order valence-corrected chi connectivity index (χ1v) is 7.32. The minimum atomic E-state index is 0.267. The maximum absolute atomic E-state index is 5.68. The second kappa shape index (κ2) is 8.33.